The van der Waals surface area contributed by atoms with Crippen molar-refractivity contribution in [3.8, 4) is 5.75 Å². The molecule has 25 heavy (non-hydrogen) atoms. The molecule has 1 saturated carbocycles. The third-order valence-electron chi connectivity index (χ3n) is 4.24. The van der Waals surface area contributed by atoms with Crippen LogP contribution >= 0.6 is 0 Å². The summed E-state index contributed by atoms with van der Waals surface area (Å²) in [7, 11) is -3.77. The van der Waals surface area contributed by atoms with Crippen LogP contribution in [-0.2, 0) is 10.0 Å². The molecule has 1 aliphatic carbocycles. The summed E-state index contributed by atoms with van der Waals surface area (Å²) in [5.74, 6) is 0.480. The minimum absolute atomic E-state index is 0.0577. The summed E-state index contributed by atoms with van der Waals surface area (Å²) >= 11 is 0. The highest BCUT2D eigenvalue weighted by molar-refractivity contribution is 7.92. The number of carbonyl (C=O) groups excluding carboxylic acids is 1. The number of ether oxygens (including phenoxy) is 1. The fourth-order valence-corrected chi connectivity index (χ4v) is 4.02. The molecule has 2 aromatic carbocycles. The Labute approximate surface area is 148 Å². The van der Waals surface area contributed by atoms with Crippen molar-refractivity contribution in [2.75, 3.05) is 4.72 Å². The second-order valence-corrected chi connectivity index (χ2v) is 7.92. The smallest absolute Gasteiger partial charge is 0.261 e. The van der Waals surface area contributed by atoms with Crippen LogP contribution in [0, 0.1) is 0 Å². The van der Waals surface area contributed by atoms with Gasteiger partial charge in [-0.2, -0.15) is 0 Å². The summed E-state index contributed by atoms with van der Waals surface area (Å²) in [5.41, 5.74) is 0.796. The number of hydrogen-bond donors (Lipinski definition) is 1. The highest BCUT2D eigenvalue weighted by Gasteiger charge is 2.18. The standard InChI is InChI=1S/C19H21NO4S/c1-14(21)15-6-4-11-19(12-15)25(22,23)20-16-7-5-10-18(13-16)24-17-8-2-3-9-17/h4-7,10-13,17,20H,2-3,8-9H2,1H3. The molecule has 5 nitrogen and oxygen atoms in total. The second kappa shape index (κ2) is 7.27. The van der Waals surface area contributed by atoms with Gasteiger partial charge in [-0.3, -0.25) is 9.52 Å². The van der Waals surface area contributed by atoms with Gasteiger partial charge < -0.3 is 4.74 Å². The van der Waals surface area contributed by atoms with Gasteiger partial charge in [-0.1, -0.05) is 18.2 Å². The molecule has 0 aliphatic heterocycles. The monoisotopic (exact) mass is 359 g/mol. The molecule has 0 atom stereocenters. The van der Waals surface area contributed by atoms with Crippen LogP contribution in [0.3, 0.4) is 0 Å². The van der Waals surface area contributed by atoms with Crippen LogP contribution in [0.15, 0.2) is 53.4 Å². The summed E-state index contributed by atoms with van der Waals surface area (Å²) in [6.07, 6.45) is 4.62. The van der Waals surface area contributed by atoms with E-state index in [4.69, 9.17) is 4.74 Å². The van der Waals surface area contributed by atoms with E-state index in [1.807, 2.05) is 6.07 Å². The van der Waals surface area contributed by atoms with E-state index in [0.29, 0.717) is 17.0 Å². The second-order valence-electron chi connectivity index (χ2n) is 6.24. The molecule has 0 unspecified atom stereocenters. The Morgan fingerprint density at radius 2 is 1.80 bits per heavy atom. The van der Waals surface area contributed by atoms with E-state index in [1.54, 1.807) is 30.3 Å². The number of rotatable bonds is 6. The summed E-state index contributed by atoms with van der Waals surface area (Å²) < 4.78 is 33.6. The lowest BCUT2D eigenvalue weighted by molar-refractivity contribution is 0.101. The molecule has 1 fully saturated rings. The van der Waals surface area contributed by atoms with Crippen molar-refractivity contribution in [1.29, 1.82) is 0 Å². The highest BCUT2D eigenvalue weighted by Crippen LogP contribution is 2.26. The van der Waals surface area contributed by atoms with Crippen LogP contribution < -0.4 is 9.46 Å². The van der Waals surface area contributed by atoms with Crippen LogP contribution in [0.2, 0.25) is 0 Å². The van der Waals surface area contributed by atoms with Crippen LogP contribution in [0.25, 0.3) is 0 Å². The molecule has 0 saturated heterocycles. The van der Waals surface area contributed by atoms with E-state index >= 15 is 0 Å². The summed E-state index contributed by atoms with van der Waals surface area (Å²) in [6, 6.07) is 12.9. The number of carbonyl (C=O) groups is 1. The molecule has 0 bridgehead atoms. The van der Waals surface area contributed by atoms with Crippen molar-refractivity contribution in [2.45, 2.75) is 43.6 Å². The Kier molecular flexibility index (Phi) is 5.08. The zero-order valence-corrected chi connectivity index (χ0v) is 14.9. The minimum Gasteiger partial charge on any atom is -0.490 e. The van der Waals surface area contributed by atoms with Crippen molar-refractivity contribution in [3.63, 3.8) is 0 Å². The first kappa shape index (κ1) is 17.5. The lowest BCUT2D eigenvalue weighted by atomic mass is 10.2. The van der Waals surface area contributed by atoms with Gasteiger partial charge in [0.2, 0.25) is 0 Å². The molecule has 1 N–H and O–H groups in total. The van der Waals surface area contributed by atoms with E-state index in [0.717, 1.165) is 12.8 Å². The number of nitrogens with one attached hydrogen (secondary N) is 1. The first-order valence-electron chi connectivity index (χ1n) is 8.34. The molecule has 0 heterocycles. The van der Waals surface area contributed by atoms with Gasteiger partial charge in [0, 0.05) is 11.6 Å². The molecule has 0 aromatic heterocycles. The summed E-state index contributed by atoms with van der Waals surface area (Å²) in [4.78, 5) is 11.5. The number of ketones is 1. The number of anilines is 1. The van der Waals surface area contributed by atoms with Crippen molar-refractivity contribution in [1.82, 2.24) is 0 Å². The molecular weight excluding hydrogens is 338 g/mol. The molecule has 0 spiro atoms. The zero-order chi connectivity index (χ0) is 17.9. The number of Topliss-reactive ketones (excluding diaryl/α,β-unsaturated/α-hetero) is 1. The van der Waals surface area contributed by atoms with E-state index in [2.05, 4.69) is 4.72 Å². The quantitative estimate of drug-likeness (QED) is 0.791. The molecular formula is C19H21NO4S. The predicted octanol–water partition coefficient (Wildman–Crippen LogP) is 4.01. The van der Waals surface area contributed by atoms with Gasteiger partial charge in [0.05, 0.1) is 16.7 Å². The largest absolute Gasteiger partial charge is 0.490 e. The van der Waals surface area contributed by atoms with Gasteiger partial charge in [0.25, 0.3) is 10.0 Å². The zero-order valence-electron chi connectivity index (χ0n) is 14.1. The Morgan fingerprint density at radius 1 is 1.08 bits per heavy atom. The molecule has 0 amide bonds. The number of benzene rings is 2. The van der Waals surface area contributed by atoms with E-state index in [1.165, 1.54) is 31.9 Å². The fourth-order valence-electron chi connectivity index (χ4n) is 2.93. The summed E-state index contributed by atoms with van der Waals surface area (Å²) in [5, 5.41) is 0. The van der Waals surface area contributed by atoms with Crippen molar-refractivity contribution in [2.24, 2.45) is 0 Å². The number of sulfonamides is 1. The van der Waals surface area contributed by atoms with Gasteiger partial charge >= 0.3 is 0 Å². The van der Waals surface area contributed by atoms with E-state index in [-0.39, 0.29) is 16.8 Å². The normalized spacial score (nSPS) is 15.1. The van der Waals surface area contributed by atoms with Gasteiger partial charge in [0.15, 0.2) is 5.78 Å². The first-order chi connectivity index (χ1) is 11.9. The maximum absolute atomic E-state index is 12.6. The molecule has 6 heteroatoms. The third kappa shape index (κ3) is 4.39. The van der Waals surface area contributed by atoms with Crippen molar-refractivity contribution in [3.05, 3.63) is 54.1 Å². The van der Waals surface area contributed by atoms with E-state index in [9.17, 15) is 13.2 Å². The minimum atomic E-state index is -3.77. The van der Waals surface area contributed by atoms with Crippen LogP contribution in [-0.4, -0.2) is 20.3 Å². The first-order valence-corrected chi connectivity index (χ1v) is 9.83. The Morgan fingerprint density at radius 3 is 2.52 bits per heavy atom. The fraction of sp³-hybridized carbons (Fsp3) is 0.316. The molecule has 0 radical (unpaired) electrons. The SMILES string of the molecule is CC(=O)c1cccc(S(=O)(=O)Nc2cccc(OC3CCCC3)c2)c1. The third-order valence-corrected chi connectivity index (χ3v) is 5.62. The lowest BCUT2D eigenvalue weighted by Gasteiger charge is -2.14. The predicted molar refractivity (Wildman–Crippen MR) is 96.6 cm³/mol. The van der Waals surface area contributed by atoms with Crippen molar-refractivity contribution >= 4 is 21.5 Å². The Bertz CT molecular complexity index is 870. The molecule has 132 valence electrons. The maximum Gasteiger partial charge on any atom is 0.261 e. The molecule has 2 aromatic rings. The summed E-state index contributed by atoms with van der Waals surface area (Å²) in [6.45, 7) is 1.41. The maximum atomic E-state index is 12.6. The number of hydrogen-bond acceptors (Lipinski definition) is 4. The van der Waals surface area contributed by atoms with Crippen molar-refractivity contribution < 1.29 is 17.9 Å². The van der Waals surface area contributed by atoms with Gasteiger partial charge in [-0.15, -0.1) is 0 Å². The van der Waals surface area contributed by atoms with Crippen LogP contribution in [0.1, 0.15) is 43.0 Å². The Hall–Kier alpha value is -2.34. The molecule has 3 rings (SSSR count). The van der Waals surface area contributed by atoms with E-state index < -0.39 is 10.0 Å². The topological polar surface area (TPSA) is 72.5 Å². The Balaban J connectivity index is 1.78. The van der Waals surface area contributed by atoms with Crippen LogP contribution in [0.4, 0.5) is 5.69 Å². The van der Waals surface area contributed by atoms with Crippen LogP contribution in [0.5, 0.6) is 5.75 Å². The molecule has 1 aliphatic rings. The van der Waals surface area contributed by atoms with Gasteiger partial charge in [-0.25, -0.2) is 8.42 Å². The lowest BCUT2D eigenvalue weighted by Crippen LogP contribution is -2.14. The van der Waals surface area contributed by atoms with Gasteiger partial charge in [0.1, 0.15) is 5.75 Å². The van der Waals surface area contributed by atoms with Gasteiger partial charge in [-0.05, 0) is 56.9 Å². The highest BCUT2D eigenvalue weighted by atomic mass is 32.2. The average molecular weight is 359 g/mol. The average Bonchev–Trinajstić information content (AvgIpc) is 3.08.